The summed E-state index contributed by atoms with van der Waals surface area (Å²) in [7, 11) is 0.909. The molecule has 0 aliphatic heterocycles. The lowest BCUT2D eigenvalue weighted by atomic mass is 10.1. The maximum Gasteiger partial charge on any atom is 0.460 e. The number of aliphatic hydroxyl groups excluding tert-OH is 1. The second-order valence-corrected chi connectivity index (χ2v) is 3.52. The Bertz CT molecular complexity index is 454. The Morgan fingerprint density at radius 2 is 1.67 bits per heavy atom. The van der Waals surface area contributed by atoms with Gasteiger partial charge in [-0.3, -0.25) is 4.99 Å². The third-order valence-electron chi connectivity index (χ3n) is 2.06. The van der Waals surface area contributed by atoms with E-state index in [0.29, 0.717) is 0 Å². The number of ether oxygens (including phenoxy) is 1. The number of nitrogens with zero attached hydrogens (tertiary/aromatic N) is 1. The molecule has 0 saturated heterocycles. The molecule has 0 aromatic heterocycles. The van der Waals surface area contributed by atoms with Crippen LogP contribution in [0, 0.1) is 0 Å². The molecule has 0 bridgehead atoms. The van der Waals surface area contributed by atoms with Crippen LogP contribution in [0.1, 0.15) is 6.92 Å². The highest BCUT2D eigenvalue weighted by Gasteiger charge is 2.75. The van der Waals surface area contributed by atoms with Crippen LogP contribution in [0.5, 0.6) is 0 Å². The Kier molecular flexibility index (Phi) is 5.76. The summed E-state index contributed by atoms with van der Waals surface area (Å²) in [5.41, 5.74) is -1.60. The predicted molar refractivity (Wildman–Crippen MR) is 56.7 cm³/mol. The van der Waals surface area contributed by atoms with Crippen molar-refractivity contribution in [2.24, 2.45) is 4.99 Å². The number of carbonyl (C=O) groups is 1. The SMILES string of the molecule is CCOC(=O)/C(C=NC)=C(\O)C(F)(F)C(F)(F)C(F)(F)F. The first-order valence-corrected chi connectivity index (χ1v) is 5.19. The minimum Gasteiger partial charge on any atom is -0.505 e. The molecular formula is C10H10F7NO3. The fourth-order valence-corrected chi connectivity index (χ4v) is 1.04. The van der Waals surface area contributed by atoms with E-state index in [1.54, 1.807) is 0 Å². The Morgan fingerprint density at radius 3 is 2.00 bits per heavy atom. The first-order chi connectivity index (χ1) is 9.34. The smallest absolute Gasteiger partial charge is 0.460 e. The summed E-state index contributed by atoms with van der Waals surface area (Å²) < 4.78 is 92.0. The van der Waals surface area contributed by atoms with Gasteiger partial charge in [-0.25, -0.2) is 4.79 Å². The van der Waals surface area contributed by atoms with Gasteiger partial charge in [-0.05, 0) is 6.92 Å². The molecule has 4 nitrogen and oxygen atoms in total. The number of hydrogen-bond donors (Lipinski definition) is 1. The van der Waals surface area contributed by atoms with Crippen molar-refractivity contribution in [2.75, 3.05) is 13.7 Å². The number of rotatable bonds is 5. The molecule has 0 aliphatic rings. The molecule has 0 aromatic carbocycles. The highest BCUT2D eigenvalue weighted by atomic mass is 19.4. The Hall–Kier alpha value is -1.81. The molecule has 0 aromatic rings. The van der Waals surface area contributed by atoms with Crippen LogP contribution >= 0.6 is 0 Å². The first-order valence-electron chi connectivity index (χ1n) is 5.19. The van der Waals surface area contributed by atoms with Crippen molar-refractivity contribution in [2.45, 2.75) is 24.9 Å². The Morgan fingerprint density at radius 1 is 1.19 bits per heavy atom. The highest BCUT2D eigenvalue weighted by Crippen LogP contribution is 2.49. The largest absolute Gasteiger partial charge is 0.505 e. The summed E-state index contributed by atoms with van der Waals surface area (Å²) in [4.78, 5) is 14.2. The third kappa shape index (κ3) is 3.64. The van der Waals surface area contributed by atoms with Crippen molar-refractivity contribution in [3.8, 4) is 0 Å². The zero-order chi connectivity index (χ0) is 17.1. The molecule has 21 heavy (non-hydrogen) atoms. The van der Waals surface area contributed by atoms with E-state index in [-0.39, 0.29) is 6.21 Å². The van der Waals surface area contributed by atoms with Crippen molar-refractivity contribution in [1.82, 2.24) is 0 Å². The summed E-state index contributed by atoms with van der Waals surface area (Å²) >= 11 is 0. The summed E-state index contributed by atoms with van der Waals surface area (Å²) in [6.45, 7) is 0.826. The molecule has 1 N–H and O–H groups in total. The van der Waals surface area contributed by atoms with Crippen molar-refractivity contribution < 1.29 is 45.4 Å². The fourth-order valence-electron chi connectivity index (χ4n) is 1.04. The van der Waals surface area contributed by atoms with Gasteiger partial charge in [-0.2, -0.15) is 30.7 Å². The summed E-state index contributed by atoms with van der Waals surface area (Å²) in [6, 6.07) is 0. The number of halogens is 7. The summed E-state index contributed by atoms with van der Waals surface area (Å²) in [5.74, 6) is -17.2. The van der Waals surface area contributed by atoms with Crippen LogP contribution in [0.15, 0.2) is 16.3 Å². The molecule has 0 aliphatic carbocycles. The van der Waals surface area contributed by atoms with Gasteiger partial charge in [0.15, 0.2) is 5.76 Å². The highest BCUT2D eigenvalue weighted by molar-refractivity contribution is 6.10. The topological polar surface area (TPSA) is 58.9 Å². The number of aliphatic imine (C=N–C) groups is 1. The molecule has 0 heterocycles. The van der Waals surface area contributed by atoms with Crippen molar-refractivity contribution in [3.05, 3.63) is 11.3 Å². The lowest BCUT2D eigenvalue weighted by Crippen LogP contribution is -2.53. The first kappa shape index (κ1) is 19.2. The van der Waals surface area contributed by atoms with Crippen LogP contribution in [-0.2, 0) is 9.53 Å². The number of carbonyl (C=O) groups excluding carboxylic acids is 1. The van der Waals surface area contributed by atoms with Crippen LogP contribution in [0.3, 0.4) is 0 Å². The third-order valence-corrected chi connectivity index (χ3v) is 2.06. The average molecular weight is 325 g/mol. The zero-order valence-electron chi connectivity index (χ0n) is 10.6. The number of esters is 1. The molecular weight excluding hydrogens is 315 g/mol. The van der Waals surface area contributed by atoms with Gasteiger partial charge in [-0.15, -0.1) is 0 Å². The van der Waals surface area contributed by atoms with E-state index in [0.717, 1.165) is 7.05 Å². The van der Waals surface area contributed by atoms with Crippen LogP contribution < -0.4 is 0 Å². The molecule has 0 fully saturated rings. The molecule has 11 heteroatoms. The second kappa shape index (κ2) is 6.31. The molecule has 0 spiro atoms. The van der Waals surface area contributed by atoms with Gasteiger partial charge in [0.1, 0.15) is 5.57 Å². The maximum absolute atomic E-state index is 13.2. The van der Waals surface area contributed by atoms with E-state index in [4.69, 9.17) is 5.11 Å². The van der Waals surface area contributed by atoms with E-state index in [2.05, 4.69) is 9.73 Å². The molecule has 0 radical (unpaired) electrons. The van der Waals surface area contributed by atoms with Crippen LogP contribution in [0.4, 0.5) is 30.7 Å². The van der Waals surface area contributed by atoms with Crippen molar-refractivity contribution in [1.29, 1.82) is 0 Å². The number of aliphatic hydroxyl groups is 1. The lowest BCUT2D eigenvalue weighted by Gasteiger charge is -2.28. The van der Waals surface area contributed by atoms with Gasteiger partial charge in [-0.1, -0.05) is 0 Å². The summed E-state index contributed by atoms with van der Waals surface area (Å²) in [6.07, 6.45) is -6.46. The van der Waals surface area contributed by atoms with Gasteiger partial charge in [0, 0.05) is 13.3 Å². The maximum atomic E-state index is 13.2. The molecule has 0 atom stereocenters. The standard InChI is InChI=1S/C10H10F7NO3/c1-3-21-7(20)5(4-18-2)6(19)8(11,12)9(13,14)10(15,16)17/h4,19H,3H2,1-2H3/b6-5-,18-4?. The van der Waals surface area contributed by atoms with Crippen LogP contribution in [0.2, 0.25) is 0 Å². The van der Waals surface area contributed by atoms with Crippen molar-refractivity contribution >= 4 is 12.2 Å². The van der Waals surface area contributed by atoms with E-state index >= 15 is 0 Å². The van der Waals surface area contributed by atoms with Gasteiger partial charge in [0.25, 0.3) is 0 Å². The van der Waals surface area contributed by atoms with E-state index in [9.17, 15) is 35.5 Å². The Labute approximate surface area is 113 Å². The Balaban J connectivity index is 6.06. The van der Waals surface area contributed by atoms with E-state index < -0.39 is 41.9 Å². The normalized spacial score (nSPS) is 15.1. The monoisotopic (exact) mass is 325 g/mol. The quantitative estimate of drug-likeness (QED) is 0.278. The van der Waals surface area contributed by atoms with Crippen LogP contribution in [-0.4, -0.2) is 49.0 Å². The van der Waals surface area contributed by atoms with Crippen molar-refractivity contribution in [3.63, 3.8) is 0 Å². The van der Waals surface area contributed by atoms with Gasteiger partial charge >= 0.3 is 24.0 Å². The van der Waals surface area contributed by atoms with E-state index in [1.165, 1.54) is 6.92 Å². The molecule has 0 rings (SSSR count). The summed E-state index contributed by atoms with van der Waals surface area (Å²) in [5, 5.41) is 9.02. The minimum atomic E-state index is -6.65. The molecule has 0 amide bonds. The average Bonchev–Trinajstić information content (AvgIpc) is 2.33. The zero-order valence-corrected chi connectivity index (χ0v) is 10.6. The second-order valence-electron chi connectivity index (χ2n) is 3.52. The minimum absolute atomic E-state index is 0.188. The molecule has 122 valence electrons. The fraction of sp³-hybridized carbons (Fsp3) is 0.600. The molecule has 0 unspecified atom stereocenters. The van der Waals surface area contributed by atoms with Gasteiger partial charge in [0.05, 0.1) is 6.61 Å². The number of alkyl halides is 7. The van der Waals surface area contributed by atoms with Crippen LogP contribution in [0.25, 0.3) is 0 Å². The predicted octanol–water partition coefficient (Wildman–Crippen LogP) is 2.90. The number of allylic oxidation sites excluding steroid dienone is 1. The molecule has 0 saturated carbocycles. The number of hydrogen-bond acceptors (Lipinski definition) is 4. The lowest BCUT2D eigenvalue weighted by molar-refractivity contribution is -0.349. The van der Waals surface area contributed by atoms with E-state index in [1.807, 2.05) is 0 Å². The van der Waals surface area contributed by atoms with Gasteiger partial charge in [0.2, 0.25) is 0 Å². The van der Waals surface area contributed by atoms with Gasteiger partial charge < -0.3 is 9.84 Å².